The molecule has 0 heterocycles. The topological polar surface area (TPSA) is 43.4 Å². The Bertz CT molecular complexity index is 635. The Kier molecular flexibility index (Phi) is 3.01. The zero-order valence-corrected chi connectivity index (χ0v) is 10.6. The lowest BCUT2D eigenvalue weighted by molar-refractivity contribution is 0.438. The van der Waals surface area contributed by atoms with Crippen molar-refractivity contribution in [2.24, 2.45) is 0 Å². The summed E-state index contributed by atoms with van der Waals surface area (Å²) in [5.41, 5.74) is 0. The van der Waals surface area contributed by atoms with Crippen LogP contribution in [0.5, 0.6) is 0 Å². The van der Waals surface area contributed by atoms with Gasteiger partial charge in [-0.25, -0.2) is 0 Å². The first-order valence-corrected chi connectivity index (χ1v) is 6.62. The summed E-state index contributed by atoms with van der Waals surface area (Å²) in [4.78, 5) is 0.112. The summed E-state index contributed by atoms with van der Waals surface area (Å²) in [5.74, 6) is 0. The first-order valence-electron chi connectivity index (χ1n) is 4.42. The maximum absolute atomic E-state index is 11.7. The predicted molar refractivity (Wildman–Crippen MR) is 65.3 cm³/mol. The van der Waals surface area contributed by atoms with Crippen molar-refractivity contribution < 1.29 is 12.6 Å². The van der Waals surface area contributed by atoms with Crippen LogP contribution in [0.4, 0.5) is 0 Å². The molecule has 16 heavy (non-hydrogen) atoms. The standard InChI is InChI=1S/C11H8BrO3S/c1-15-16(13,14)11-9-5-3-2-4-8(9)6-7-10(11)12/h2-7H,1H2. The van der Waals surface area contributed by atoms with Gasteiger partial charge in [-0.05, 0) is 27.4 Å². The summed E-state index contributed by atoms with van der Waals surface area (Å²) in [5, 5.41) is 1.45. The Morgan fingerprint density at radius 1 is 1.12 bits per heavy atom. The van der Waals surface area contributed by atoms with Gasteiger partial charge < -0.3 is 0 Å². The average molecular weight is 300 g/mol. The van der Waals surface area contributed by atoms with E-state index >= 15 is 0 Å². The summed E-state index contributed by atoms with van der Waals surface area (Å²) < 4.78 is 28.2. The first kappa shape index (κ1) is 11.6. The number of hydrogen-bond acceptors (Lipinski definition) is 3. The van der Waals surface area contributed by atoms with Crippen LogP contribution in [0.15, 0.2) is 45.8 Å². The van der Waals surface area contributed by atoms with Crippen LogP contribution in [0.3, 0.4) is 0 Å². The van der Waals surface area contributed by atoms with Crippen molar-refractivity contribution in [2.75, 3.05) is 0 Å². The van der Waals surface area contributed by atoms with Gasteiger partial charge in [0.05, 0.1) is 7.11 Å². The molecule has 0 amide bonds. The van der Waals surface area contributed by atoms with Crippen LogP contribution in [-0.2, 0) is 14.3 Å². The van der Waals surface area contributed by atoms with E-state index in [0.29, 0.717) is 9.86 Å². The van der Waals surface area contributed by atoms with E-state index in [1.54, 1.807) is 18.2 Å². The monoisotopic (exact) mass is 299 g/mol. The van der Waals surface area contributed by atoms with Gasteiger partial charge in [-0.2, -0.15) is 8.42 Å². The zero-order valence-electron chi connectivity index (χ0n) is 8.18. The van der Waals surface area contributed by atoms with E-state index in [4.69, 9.17) is 0 Å². The number of benzene rings is 2. The summed E-state index contributed by atoms with van der Waals surface area (Å²) in [6, 6.07) is 10.7. The minimum atomic E-state index is -3.81. The number of rotatable bonds is 2. The highest BCUT2D eigenvalue weighted by Crippen LogP contribution is 2.31. The quantitative estimate of drug-likeness (QED) is 0.800. The Morgan fingerprint density at radius 3 is 2.50 bits per heavy atom. The minimum Gasteiger partial charge on any atom is -0.264 e. The van der Waals surface area contributed by atoms with Gasteiger partial charge in [-0.3, -0.25) is 4.18 Å². The van der Waals surface area contributed by atoms with Crippen molar-refractivity contribution in [1.29, 1.82) is 0 Å². The van der Waals surface area contributed by atoms with E-state index in [1.165, 1.54) is 0 Å². The molecule has 5 heteroatoms. The SMILES string of the molecule is [CH2]OS(=O)(=O)c1c(Br)ccc2ccccc12. The lowest BCUT2D eigenvalue weighted by Crippen LogP contribution is -2.03. The third-order valence-electron chi connectivity index (χ3n) is 2.24. The van der Waals surface area contributed by atoms with Crippen LogP contribution >= 0.6 is 15.9 Å². The summed E-state index contributed by atoms with van der Waals surface area (Å²) >= 11 is 3.21. The second kappa shape index (κ2) is 4.16. The van der Waals surface area contributed by atoms with Crippen molar-refractivity contribution in [3.05, 3.63) is 48.0 Å². The van der Waals surface area contributed by atoms with E-state index in [2.05, 4.69) is 27.2 Å². The number of hydrogen-bond donors (Lipinski definition) is 0. The predicted octanol–water partition coefficient (Wildman–Crippen LogP) is 3.10. The molecule has 0 aliphatic rings. The fourth-order valence-corrected chi connectivity index (χ4v) is 3.35. The lowest BCUT2D eigenvalue weighted by atomic mass is 10.1. The van der Waals surface area contributed by atoms with Gasteiger partial charge in [0.15, 0.2) is 0 Å². The molecule has 2 aromatic rings. The van der Waals surface area contributed by atoms with E-state index in [1.807, 2.05) is 18.2 Å². The maximum Gasteiger partial charge on any atom is 0.298 e. The average Bonchev–Trinajstić information content (AvgIpc) is 2.28. The van der Waals surface area contributed by atoms with Crippen molar-refractivity contribution in [2.45, 2.75) is 4.90 Å². The van der Waals surface area contributed by atoms with E-state index in [-0.39, 0.29) is 4.90 Å². The maximum atomic E-state index is 11.7. The molecular weight excluding hydrogens is 292 g/mol. The number of fused-ring (bicyclic) bond motifs is 1. The van der Waals surface area contributed by atoms with Crippen molar-refractivity contribution in [3.63, 3.8) is 0 Å². The van der Waals surface area contributed by atoms with Crippen molar-refractivity contribution in [3.8, 4) is 0 Å². The molecule has 0 fully saturated rings. The summed E-state index contributed by atoms with van der Waals surface area (Å²) in [6.45, 7) is 0. The molecule has 0 saturated heterocycles. The van der Waals surface area contributed by atoms with E-state index < -0.39 is 10.1 Å². The van der Waals surface area contributed by atoms with Crippen molar-refractivity contribution in [1.82, 2.24) is 0 Å². The van der Waals surface area contributed by atoms with Gasteiger partial charge in [0.1, 0.15) is 4.90 Å². The lowest BCUT2D eigenvalue weighted by Gasteiger charge is -2.08. The van der Waals surface area contributed by atoms with Gasteiger partial charge in [0.2, 0.25) is 0 Å². The molecule has 0 aliphatic heterocycles. The fraction of sp³-hybridized carbons (Fsp3) is 0. The second-order valence-electron chi connectivity index (χ2n) is 3.17. The third kappa shape index (κ3) is 1.86. The normalized spacial score (nSPS) is 11.9. The molecule has 3 nitrogen and oxygen atoms in total. The molecule has 1 radical (unpaired) electrons. The van der Waals surface area contributed by atoms with Crippen LogP contribution in [0.2, 0.25) is 0 Å². The molecule has 0 unspecified atom stereocenters. The summed E-state index contributed by atoms with van der Waals surface area (Å²) in [7, 11) is -0.841. The van der Waals surface area contributed by atoms with Crippen LogP contribution in [0.1, 0.15) is 0 Å². The molecule has 0 aromatic heterocycles. The Labute approximate surface area is 102 Å². The van der Waals surface area contributed by atoms with Crippen LogP contribution in [0, 0.1) is 7.11 Å². The van der Waals surface area contributed by atoms with E-state index in [9.17, 15) is 8.42 Å². The van der Waals surface area contributed by atoms with E-state index in [0.717, 1.165) is 5.39 Å². The van der Waals surface area contributed by atoms with Crippen LogP contribution in [-0.4, -0.2) is 8.42 Å². The smallest absolute Gasteiger partial charge is 0.264 e. The van der Waals surface area contributed by atoms with Crippen LogP contribution < -0.4 is 0 Å². The molecule has 2 rings (SSSR count). The largest absolute Gasteiger partial charge is 0.298 e. The number of halogens is 1. The molecule has 2 aromatic carbocycles. The Hall–Kier alpha value is -0.910. The molecule has 0 bridgehead atoms. The van der Waals surface area contributed by atoms with Gasteiger partial charge in [0.25, 0.3) is 10.1 Å². The van der Waals surface area contributed by atoms with Gasteiger partial charge >= 0.3 is 0 Å². The molecule has 0 N–H and O–H groups in total. The Balaban J connectivity index is 2.92. The highest BCUT2D eigenvalue weighted by molar-refractivity contribution is 9.10. The molecule has 83 valence electrons. The highest BCUT2D eigenvalue weighted by Gasteiger charge is 2.20. The van der Waals surface area contributed by atoms with Gasteiger partial charge in [-0.15, -0.1) is 0 Å². The van der Waals surface area contributed by atoms with Gasteiger partial charge in [-0.1, -0.05) is 30.3 Å². The van der Waals surface area contributed by atoms with Crippen LogP contribution in [0.25, 0.3) is 10.8 Å². The molecule has 0 saturated carbocycles. The molecule has 0 atom stereocenters. The second-order valence-corrected chi connectivity index (χ2v) is 5.58. The Morgan fingerprint density at radius 2 is 1.81 bits per heavy atom. The first-order chi connectivity index (χ1) is 7.56. The minimum absolute atomic E-state index is 0.112. The van der Waals surface area contributed by atoms with Gasteiger partial charge in [0, 0.05) is 9.86 Å². The molecular formula is C11H8BrO3S. The summed E-state index contributed by atoms with van der Waals surface area (Å²) in [6.07, 6.45) is 0. The van der Waals surface area contributed by atoms with Crippen molar-refractivity contribution >= 4 is 36.8 Å². The zero-order chi connectivity index (χ0) is 11.8. The molecule has 0 aliphatic carbocycles. The fourth-order valence-electron chi connectivity index (χ4n) is 1.53. The third-order valence-corrected chi connectivity index (χ3v) is 4.41. The molecule has 0 spiro atoms. The highest BCUT2D eigenvalue weighted by atomic mass is 79.9.